The highest BCUT2D eigenvalue weighted by Crippen LogP contribution is 2.27. The van der Waals surface area contributed by atoms with Crippen LogP contribution in [-0.2, 0) is 10.0 Å². The SMILES string of the molecule is COc1ccc([C@H](C)[C@@H](CO)NS(=O)(=O)c2ccc(Cl)s2)cc1. The Balaban J connectivity index is 2.18. The van der Waals surface area contributed by atoms with Gasteiger partial charge >= 0.3 is 0 Å². The maximum atomic E-state index is 12.4. The third kappa shape index (κ3) is 4.45. The van der Waals surface area contributed by atoms with Crippen molar-refractivity contribution in [1.29, 1.82) is 0 Å². The molecule has 0 bridgehead atoms. The average molecular weight is 376 g/mol. The number of hydrogen-bond donors (Lipinski definition) is 2. The molecule has 0 aliphatic heterocycles. The zero-order valence-corrected chi connectivity index (χ0v) is 15.1. The summed E-state index contributed by atoms with van der Waals surface area (Å²) in [4.78, 5) is 0. The van der Waals surface area contributed by atoms with E-state index in [0.717, 1.165) is 22.6 Å². The number of aliphatic hydroxyl groups excluding tert-OH is 1. The number of thiophene rings is 1. The molecule has 23 heavy (non-hydrogen) atoms. The van der Waals surface area contributed by atoms with Crippen molar-refractivity contribution in [2.24, 2.45) is 0 Å². The molecule has 2 aromatic rings. The minimum absolute atomic E-state index is 0.128. The fourth-order valence-corrected chi connectivity index (χ4v) is 4.94. The lowest BCUT2D eigenvalue weighted by atomic mass is 9.94. The second kappa shape index (κ2) is 7.63. The van der Waals surface area contributed by atoms with Crippen molar-refractivity contribution in [1.82, 2.24) is 4.72 Å². The van der Waals surface area contributed by atoms with E-state index < -0.39 is 16.1 Å². The van der Waals surface area contributed by atoms with E-state index in [2.05, 4.69) is 4.72 Å². The summed E-state index contributed by atoms with van der Waals surface area (Å²) in [5, 5.41) is 9.60. The maximum absolute atomic E-state index is 12.4. The standard InChI is InChI=1S/C15H18ClNO4S2/c1-10(11-3-5-12(21-2)6-4-11)13(9-18)17-23(19,20)15-8-7-14(16)22-15/h3-8,10,13,17-18H,9H2,1-2H3/t10-,13+/m0/s1. The minimum atomic E-state index is -3.72. The van der Waals surface area contributed by atoms with E-state index in [1.165, 1.54) is 12.1 Å². The van der Waals surface area contributed by atoms with Gasteiger partial charge < -0.3 is 9.84 Å². The molecule has 1 heterocycles. The molecule has 1 aromatic heterocycles. The van der Waals surface area contributed by atoms with Gasteiger partial charge in [0, 0.05) is 0 Å². The van der Waals surface area contributed by atoms with Crippen molar-refractivity contribution in [3.05, 3.63) is 46.3 Å². The molecule has 2 atom stereocenters. The first-order chi connectivity index (χ1) is 10.9. The summed E-state index contributed by atoms with van der Waals surface area (Å²) in [5.41, 5.74) is 0.900. The zero-order valence-electron chi connectivity index (χ0n) is 12.7. The third-order valence-corrected chi connectivity index (χ3v) is 6.77. The van der Waals surface area contributed by atoms with Crippen LogP contribution < -0.4 is 9.46 Å². The summed E-state index contributed by atoms with van der Waals surface area (Å²) >= 11 is 6.77. The highest BCUT2D eigenvalue weighted by atomic mass is 35.5. The first kappa shape index (κ1) is 18.2. The summed E-state index contributed by atoms with van der Waals surface area (Å²) in [6.45, 7) is 1.54. The van der Waals surface area contributed by atoms with Gasteiger partial charge in [-0.25, -0.2) is 13.1 Å². The maximum Gasteiger partial charge on any atom is 0.250 e. The van der Waals surface area contributed by atoms with Gasteiger partial charge in [-0.2, -0.15) is 0 Å². The molecular formula is C15H18ClNO4S2. The predicted molar refractivity (Wildman–Crippen MR) is 91.9 cm³/mol. The molecule has 2 rings (SSSR count). The van der Waals surface area contributed by atoms with Crippen molar-refractivity contribution < 1.29 is 18.3 Å². The van der Waals surface area contributed by atoms with E-state index in [1.54, 1.807) is 19.2 Å². The highest BCUT2D eigenvalue weighted by molar-refractivity contribution is 7.91. The van der Waals surface area contributed by atoms with Crippen LogP contribution in [0.15, 0.2) is 40.6 Å². The fraction of sp³-hybridized carbons (Fsp3) is 0.333. The quantitative estimate of drug-likeness (QED) is 0.780. The zero-order chi connectivity index (χ0) is 17.0. The van der Waals surface area contributed by atoms with Crippen LogP contribution in [0.25, 0.3) is 0 Å². The lowest BCUT2D eigenvalue weighted by molar-refractivity contribution is 0.242. The average Bonchev–Trinajstić information content (AvgIpc) is 2.99. The number of benzene rings is 1. The Bertz CT molecular complexity index is 743. The number of rotatable bonds is 7. The molecule has 0 fully saturated rings. The normalized spacial score (nSPS) is 14.4. The van der Waals surface area contributed by atoms with Crippen LogP contribution in [0.5, 0.6) is 5.75 Å². The minimum Gasteiger partial charge on any atom is -0.497 e. The number of aliphatic hydroxyl groups is 1. The van der Waals surface area contributed by atoms with Crippen molar-refractivity contribution in [2.75, 3.05) is 13.7 Å². The summed E-state index contributed by atoms with van der Waals surface area (Å²) in [7, 11) is -2.14. The van der Waals surface area contributed by atoms with Crippen LogP contribution in [0.3, 0.4) is 0 Å². The van der Waals surface area contributed by atoms with Crippen LogP contribution in [-0.4, -0.2) is 33.3 Å². The van der Waals surface area contributed by atoms with Crippen molar-refractivity contribution in [3.8, 4) is 5.75 Å². The topological polar surface area (TPSA) is 75.6 Å². The van der Waals surface area contributed by atoms with Crippen LogP contribution in [0.1, 0.15) is 18.4 Å². The van der Waals surface area contributed by atoms with Gasteiger partial charge in [-0.3, -0.25) is 0 Å². The molecule has 0 unspecified atom stereocenters. The van der Waals surface area contributed by atoms with Crippen molar-refractivity contribution in [3.63, 3.8) is 0 Å². The second-order valence-corrected chi connectivity index (χ2v) is 8.69. The Morgan fingerprint density at radius 3 is 2.39 bits per heavy atom. The predicted octanol–water partition coefficient (Wildman–Crippen LogP) is 2.85. The van der Waals surface area contributed by atoms with E-state index in [0.29, 0.717) is 4.34 Å². The van der Waals surface area contributed by atoms with E-state index in [-0.39, 0.29) is 16.7 Å². The smallest absolute Gasteiger partial charge is 0.250 e. The van der Waals surface area contributed by atoms with Gasteiger partial charge in [0.15, 0.2) is 0 Å². The van der Waals surface area contributed by atoms with E-state index >= 15 is 0 Å². The van der Waals surface area contributed by atoms with E-state index in [9.17, 15) is 13.5 Å². The van der Waals surface area contributed by atoms with E-state index in [4.69, 9.17) is 16.3 Å². The molecule has 0 saturated heterocycles. The number of methoxy groups -OCH3 is 1. The molecule has 126 valence electrons. The van der Waals surface area contributed by atoms with Gasteiger partial charge in [0.05, 0.1) is 24.1 Å². The number of halogens is 1. The number of sulfonamides is 1. The fourth-order valence-electron chi connectivity index (χ4n) is 2.14. The summed E-state index contributed by atoms with van der Waals surface area (Å²) in [5.74, 6) is 0.506. The molecule has 2 N–H and O–H groups in total. The van der Waals surface area contributed by atoms with Crippen LogP contribution in [0.2, 0.25) is 4.34 Å². The molecule has 0 radical (unpaired) electrons. The Hall–Kier alpha value is -1.12. The summed E-state index contributed by atoms with van der Waals surface area (Å²) in [6, 6.07) is 9.63. The molecular weight excluding hydrogens is 358 g/mol. The van der Waals surface area contributed by atoms with Gasteiger partial charge in [0.2, 0.25) is 10.0 Å². The van der Waals surface area contributed by atoms with Gasteiger partial charge in [-0.1, -0.05) is 30.7 Å². The van der Waals surface area contributed by atoms with Crippen LogP contribution in [0.4, 0.5) is 0 Å². The number of nitrogens with one attached hydrogen (secondary N) is 1. The van der Waals surface area contributed by atoms with Gasteiger partial charge in [0.1, 0.15) is 9.96 Å². The first-order valence-electron chi connectivity index (χ1n) is 6.90. The molecule has 5 nitrogen and oxygen atoms in total. The second-order valence-electron chi connectivity index (χ2n) is 5.03. The molecule has 8 heteroatoms. The molecule has 0 aliphatic carbocycles. The summed E-state index contributed by atoms with van der Waals surface area (Å²) < 4.78 is 32.9. The van der Waals surface area contributed by atoms with Gasteiger partial charge in [0.25, 0.3) is 0 Å². The third-order valence-electron chi connectivity index (χ3n) is 3.56. The summed E-state index contributed by atoms with van der Waals surface area (Å²) in [6.07, 6.45) is 0. The van der Waals surface area contributed by atoms with Gasteiger partial charge in [-0.05, 0) is 35.7 Å². The molecule has 0 aliphatic rings. The molecule has 0 saturated carbocycles. The van der Waals surface area contributed by atoms with E-state index in [1.807, 2.05) is 19.1 Å². The Morgan fingerprint density at radius 1 is 1.26 bits per heavy atom. The molecule has 1 aromatic carbocycles. The number of ether oxygens (including phenoxy) is 1. The number of hydrogen-bond acceptors (Lipinski definition) is 5. The van der Waals surface area contributed by atoms with Crippen molar-refractivity contribution in [2.45, 2.75) is 23.1 Å². The largest absolute Gasteiger partial charge is 0.497 e. The van der Waals surface area contributed by atoms with Crippen LogP contribution in [0, 0.1) is 0 Å². The molecule has 0 amide bonds. The lowest BCUT2D eigenvalue weighted by Crippen LogP contribution is -2.40. The Labute approximate surface area is 144 Å². The molecule has 0 spiro atoms. The highest BCUT2D eigenvalue weighted by Gasteiger charge is 2.26. The van der Waals surface area contributed by atoms with Crippen molar-refractivity contribution >= 4 is 33.0 Å². The Kier molecular flexibility index (Phi) is 6.05. The lowest BCUT2D eigenvalue weighted by Gasteiger charge is -2.23. The Morgan fingerprint density at radius 2 is 1.91 bits per heavy atom. The van der Waals surface area contributed by atoms with Crippen LogP contribution >= 0.6 is 22.9 Å². The van der Waals surface area contributed by atoms with Gasteiger partial charge in [-0.15, -0.1) is 11.3 Å². The first-order valence-corrected chi connectivity index (χ1v) is 9.57. The monoisotopic (exact) mass is 375 g/mol.